The molecule has 5 nitrogen and oxygen atoms in total. The molecular weight excluding hydrogens is 322 g/mol. The Bertz CT molecular complexity index is 737. The molecule has 2 N–H and O–H groups in total. The maximum absolute atomic E-state index is 13.1. The number of nitrogens with one attached hydrogen (secondary N) is 1. The first-order valence-electron chi connectivity index (χ1n) is 5.54. The maximum atomic E-state index is 13.1. The van der Waals surface area contributed by atoms with Gasteiger partial charge in [0, 0.05) is 0 Å². The number of pyridine rings is 1. The van der Waals surface area contributed by atoms with Crippen molar-refractivity contribution in [3.05, 3.63) is 57.6 Å². The van der Waals surface area contributed by atoms with Gasteiger partial charge in [-0.05, 0) is 18.2 Å². The van der Waals surface area contributed by atoms with Crippen LogP contribution in [0.25, 0.3) is 0 Å². The zero-order valence-electron chi connectivity index (χ0n) is 10.2. The number of amides is 1. The standard InChI is InChI=1S/C13H7Cl2FN2O3/c14-9-3-1-2-7(13(20)21)10(9)18-12(19)8-4-6(16)5-17-11(8)15/h1-5H,(H,18,19)(H,20,21). The van der Waals surface area contributed by atoms with Gasteiger partial charge in [-0.1, -0.05) is 29.3 Å². The fraction of sp³-hybridized carbons (Fsp3) is 0. The van der Waals surface area contributed by atoms with E-state index in [1.54, 1.807) is 0 Å². The molecule has 0 bridgehead atoms. The largest absolute Gasteiger partial charge is 0.478 e. The van der Waals surface area contributed by atoms with Crippen LogP contribution in [0.1, 0.15) is 20.7 Å². The lowest BCUT2D eigenvalue weighted by molar-refractivity contribution is 0.0698. The fourth-order valence-corrected chi connectivity index (χ4v) is 2.00. The Morgan fingerprint density at radius 1 is 1.24 bits per heavy atom. The van der Waals surface area contributed by atoms with E-state index in [4.69, 9.17) is 28.3 Å². The minimum Gasteiger partial charge on any atom is -0.478 e. The summed E-state index contributed by atoms with van der Waals surface area (Å²) in [7, 11) is 0. The van der Waals surface area contributed by atoms with Crippen LogP contribution in [0.4, 0.5) is 10.1 Å². The van der Waals surface area contributed by atoms with Crippen molar-refractivity contribution in [3.63, 3.8) is 0 Å². The SMILES string of the molecule is O=C(Nc1c(Cl)cccc1C(=O)O)c1cc(F)cnc1Cl. The topological polar surface area (TPSA) is 79.3 Å². The number of carbonyl (C=O) groups is 2. The van der Waals surface area contributed by atoms with Gasteiger partial charge < -0.3 is 10.4 Å². The number of aromatic carboxylic acids is 1. The molecule has 1 amide bonds. The fourth-order valence-electron chi connectivity index (χ4n) is 1.59. The summed E-state index contributed by atoms with van der Waals surface area (Å²) in [5.41, 5.74) is -0.527. The number of aromatic nitrogens is 1. The van der Waals surface area contributed by atoms with Gasteiger partial charge in [-0.15, -0.1) is 0 Å². The molecule has 0 aliphatic carbocycles. The van der Waals surface area contributed by atoms with Crippen LogP contribution < -0.4 is 5.32 Å². The molecule has 2 rings (SSSR count). The van der Waals surface area contributed by atoms with Crippen LogP contribution in [0.15, 0.2) is 30.5 Å². The van der Waals surface area contributed by atoms with Gasteiger partial charge in [0.1, 0.15) is 11.0 Å². The van der Waals surface area contributed by atoms with Crippen LogP contribution >= 0.6 is 23.2 Å². The van der Waals surface area contributed by atoms with Crippen molar-refractivity contribution >= 4 is 40.8 Å². The molecule has 0 saturated carbocycles. The minimum atomic E-state index is -1.27. The summed E-state index contributed by atoms with van der Waals surface area (Å²) in [6, 6.07) is 5.00. The molecule has 108 valence electrons. The van der Waals surface area contributed by atoms with Crippen LogP contribution in [0.3, 0.4) is 0 Å². The second-order valence-electron chi connectivity index (χ2n) is 3.91. The number of hydrogen-bond acceptors (Lipinski definition) is 3. The van der Waals surface area contributed by atoms with E-state index >= 15 is 0 Å². The van der Waals surface area contributed by atoms with Crippen LogP contribution in [0, 0.1) is 5.82 Å². The summed E-state index contributed by atoms with van der Waals surface area (Å²) in [6.45, 7) is 0. The molecular formula is C13H7Cl2FN2O3. The molecule has 2 aromatic rings. The predicted molar refractivity (Wildman–Crippen MR) is 75.6 cm³/mol. The molecule has 0 fully saturated rings. The molecule has 1 aromatic heterocycles. The van der Waals surface area contributed by atoms with E-state index in [2.05, 4.69) is 10.3 Å². The van der Waals surface area contributed by atoms with Crippen LogP contribution in [0.5, 0.6) is 0 Å². The number of anilines is 1. The number of carboxylic acid groups (broad SMARTS) is 1. The molecule has 0 aliphatic rings. The van der Waals surface area contributed by atoms with E-state index in [9.17, 15) is 14.0 Å². The number of carboxylic acids is 1. The molecule has 0 unspecified atom stereocenters. The molecule has 21 heavy (non-hydrogen) atoms. The highest BCUT2D eigenvalue weighted by Crippen LogP contribution is 2.27. The Hall–Kier alpha value is -2.18. The van der Waals surface area contributed by atoms with Gasteiger partial charge in [-0.2, -0.15) is 0 Å². The third-order valence-corrected chi connectivity index (χ3v) is 3.15. The van der Waals surface area contributed by atoms with Gasteiger partial charge in [0.15, 0.2) is 0 Å². The van der Waals surface area contributed by atoms with E-state index in [0.717, 1.165) is 12.3 Å². The minimum absolute atomic E-state index is 0.0312. The maximum Gasteiger partial charge on any atom is 0.337 e. The second kappa shape index (κ2) is 6.07. The van der Waals surface area contributed by atoms with Crippen molar-refractivity contribution in [2.24, 2.45) is 0 Å². The van der Waals surface area contributed by atoms with Gasteiger partial charge in [0.2, 0.25) is 0 Å². The average Bonchev–Trinajstić information content (AvgIpc) is 2.43. The molecule has 0 aliphatic heterocycles. The monoisotopic (exact) mass is 328 g/mol. The van der Waals surface area contributed by atoms with E-state index < -0.39 is 17.7 Å². The molecule has 0 atom stereocenters. The van der Waals surface area contributed by atoms with Crippen molar-refractivity contribution in [1.29, 1.82) is 0 Å². The number of hydrogen-bond donors (Lipinski definition) is 2. The molecule has 1 heterocycles. The first-order valence-corrected chi connectivity index (χ1v) is 6.30. The molecule has 0 spiro atoms. The molecule has 1 aromatic carbocycles. The lowest BCUT2D eigenvalue weighted by Crippen LogP contribution is -2.16. The summed E-state index contributed by atoms with van der Waals surface area (Å²) in [4.78, 5) is 26.7. The zero-order chi connectivity index (χ0) is 15.6. The Kier molecular flexibility index (Phi) is 4.40. The van der Waals surface area contributed by atoms with E-state index in [-0.39, 0.29) is 27.0 Å². The van der Waals surface area contributed by atoms with E-state index in [1.165, 1.54) is 18.2 Å². The summed E-state index contributed by atoms with van der Waals surface area (Å²) < 4.78 is 13.1. The quantitative estimate of drug-likeness (QED) is 0.845. The highest BCUT2D eigenvalue weighted by Gasteiger charge is 2.18. The smallest absolute Gasteiger partial charge is 0.337 e. The Labute approximate surface area is 128 Å². The Balaban J connectivity index is 2.41. The lowest BCUT2D eigenvalue weighted by atomic mass is 10.1. The van der Waals surface area contributed by atoms with Crippen molar-refractivity contribution < 1.29 is 19.1 Å². The van der Waals surface area contributed by atoms with Crippen LogP contribution in [-0.4, -0.2) is 22.0 Å². The summed E-state index contributed by atoms with van der Waals surface area (Å²) in [6.07, 6.45) is 0.858. The number of para-hydroxylation sites is 1. The Morgan fingerprint density at radius 2 is 1.95 bits per heavy atom. The van der Waals surface area contributed by atoms with Crippen LogP contribution in [-0.2, 0) is 0 Å². The summed E-state index contributed by atoms with van der Waals surface area (Å²) in [5.74, 6) is -2.83. The predicted octanol–water partition coefficient (Wildman–Crippen LogP) is 3.48. The van der Waals surface area contributed by atoms with Crippen molar-refractivity contribution in [3.8, 4) is 0 Å². The lowest BCUT2D eigenvalue weighted by Gasteiger charge is -2.10. The zero-order valence-corrected chi connectivity index (χ0v) is 11.7. The average molecular weight is 329 g/mol. The summed E-state index contributed by atoms with van der Waals surface area (Å²) in [5, 5.41) is 11.2. The number of benzene rings is 1. The Morgan fingerprint density at radius 3 is 2.62 bits per heavy atom. The van der Waals surface area contributed by atoms with Gasteiger partial charge in [-0.3, -0.25) is 4.79 Å². The second-order valence-corrected chi connectivity index (χ2v) is 4.68. The highest BCUT2D eigenvalue weighted by molar-refractivity contribution is 6.36. The number of halogens is 3. The van der Waals surface area contributed by atoms with Gasteiger partial charge in [0.25, 0.3) is 5.91 Å². The van der Waals surface area contributed by atoms with Gasteiger partial charge >= 0.3 is 5.97 Å². The third-order valence-electron chi connectivity index (χ3n) is 2.53. The number of rotatable bonds is 3. The molecule has 8 heteroatoms. The number of carbonyl (C=O) groups excluding carboxylic acids is 1. The van der Waals surface area contributed by atoms with Crippen molar-refractivity contribution in [2.45, 2.75) is 0 Å². The van der Waals surface area contributed by atoms with Crippen LogP contribution in [0.2, 0.25) is 10.2 Å². The highest BCUT2D eigenvalue weighted by atomic mass is 35.5. The normalized spacial score (nSPS) is 10.2. The molecule has 0 radical (unpaired) electrons. The van der Waals surface area contributed by atoms with Crippen molar-refractivity contribution in [1.82, 2.24) is 4.98 Å². The van der Waals surface area contributed by atoms with E-state index in [0.29, 0.717) is 0 Å². The summed E-state index contributed by atoms with van der Waals surface area (Å²) >= 11 is 11.6. The first kappa shape index (κ1) is 15.2. The van der Waals surface area contributed by atoms with Crippen molar-refractivity contribution in [2.75, 3.05) is 5.32 Å². The third kappa shape index (κ3) is 3.29. The van der Waals surface area contributed by atoms with E-state index in [1.807, 2.05) is 0 Å². The molecule has 0 saturated heterocycles. The number of nitrogens with zero attached hydrogens (tertiary/aromatic N) is 1. The van der Waals surface area contributed by atoms with Gasteiger partial charge in [-0.25, -0.2) is 14.2 Å². The first-order chi connectivity index (χ1) is 9.90. The van der Waals surface area contributed by atoms with Gasteiger partial charge in [0.05, 0.1) is 28.0 Å².